The molecule has 5 heteroatoms. The Balaban J connectivity index is 0.00000225. The third-order valence-corrected chi connectivity index (χ3v) is 5.76. The van der Waals surface area contributed by atoms with Crippen molar-refractivity contribution in [3.63, 3.8) is 0 Å². The molecule has 2 aliphatic rings. The molecular weight excluding hydrogens is 336 g/mol. The number of aryl methyl sites for hydroxylation is 1. The molecule has 1 aromatic carbocycles. The second kappa shape index (κ2) is 8.91. The van der Waals surface area contributed by atoms with E-state index in [0.29, 0.717) is 31.0 Å². The fourth-order valence-electron chi connectivity index (χ4n) is 4.43. The Morgan fingerprint density at radius 3 is 2.60 bits per heavy atom. The Morgan fingerprint density at radius 2 is 1.96 bits per heavy atom. The van der Waals surface area contributed by atoms with E-state index in [1.54, 1.807) is 0 Å². The van der Waals surface area contributed by atoms with E-state index in [0.717, 1.165) is 24.2 Å². The number of halogens is 1. The summed E-state index contributed by atoms with van der Waals surface area (Å²) < 4.78 is 5.70. The molecule has 3 rings (SSSR count). The SMILES string of the molecule is CCOc1cc(C)ccc1CNC(=O)C1CC2CCCC(C1)C2N.Cl. The van der Waals surface area contributed by atoms with Crippen LogP contribution in [-0.4, -0.2) is 18.6 Å². The minimum atomic E-state index is 0. The zero-order valence-corrected chi connectivity index (χ0v) is 16.1. The first kappa shape index (κ1) is 20.1. The summed E-state index contributed by atoms with van der Waals surface area (Å²) in [5.74, 6) is 2.25. The van der Waals surface area contributed by atoms with Crippen LogP contribution in [0.5, 0.6) is 5.75 Å². The molecule has 2 aliphatic carbocycles. The number of carbonyl (C=O) groups is 1. The number of benzene rings is 1. The van der Waals surface area contributed by atoms with E-state index < -0.39 is 0 Å². The highest BCUT2D eigenvalue weighted by Crippen LogP contribution is 2.41. The van der Waals surface area contributed by atoms with Crippen molar-refractivity contribution in [1.29, 1.82) is 0 Å². The maximum Gasteiger partial charge on any atom is 0.223 e. The van der Waals surface area contributed by atoms with Gasteiger partial charge >= 0.3 is 0 Å². The summed E-state index contributed by atoms with van der Waals surface area (Å²) in [6.45, 7) is 5.20. The number of rotatable bonds is 5. The van der Waals surface area contributed by atoms with Gasteiger partial charge in [0.25, 0.3) is 0 Å². The zero-order valence-electron chi connectivity index (χ0n) is 15.3. The lowest BCUT2D eigenvalue weighted by Gasteiger charge is -2.43. The minimum absolute atomic E-state index is 0. The van der Waals surface area contributed by atoms with Gasteiger partial charge in [-0.25, -0.2) is 0 Å². The van der Waals surface area contributed by atoms with Crippen LogP contribution in [-0.2, 0) is 11.3 Å². The Kier molecular flexibility index (Phi) is 7.14. The van der Waals surface area contributed by atoms with E-state index in [1.165, 1.54) is 24.8 Å². The molecule has 0 heterocycles. The Labute approximate surface area is 157 Å². The number of hydrogen-bond acceptors (Lipinski definition) is 3. The van der Waals surface area contributed by atoms with Crippen LogP contribution >= 0.6 is 12.4 Å². The molecule has 0 saturated heterocycles. The molecule has 2 saturated carbocycles. The number of amides is 1. The van der Waals surface area contributed by atoms with Crippen LogP contribution in [0.4, 0.5) is 0 Å². The molecular formula is C20H31ClN2O2. The monoisotopic (exact) mass is 366 g/mol. The van der Waals surface area contributed by atoms with Gasteiger partial charge in [-0.1, -0.05) is 18.6 Å². The first-order chi connectivity index (χ1) is 11.6. The van der Waals surface area contributed by atoms with Crippen molar-refractivity contribution in [1.82, 2.24) is 5.32 Å². The van der Waals surface area contributed by atoms with Crippen LogP contribution in [0.3, 0.4) is 0 Å². The summed E-state index contributed by atoms with van der Waals surface area (Å²) >= 11 is 0. The first-order valence-corrected chi connectivity index (χ1v) is 9.34. The van der Waals surface area contributed by atoms with Crippen LogP contribution in [0.15, 0.2) is 18.2 Å². The molecule has 0 radical (unpaired) electrons. The smallest absolute Gasteiger partial charge is 0.223 e. The lowest BCUT2D eigenvalue weighted by atomic mass is 9.65. The average molecular weight is 367 g/mol. The number of ether oxygens (including phenoxy) is 1. The summed E-state index contributed by atoms with van der Waals surface area (Å²) in [4.78, 5) is 12.7. The molecule has 1 aromatic rings. The Hall–Kier alpha value is -1.26. The topological polar surface area (TPSA) is 64.3 Å². The summed E-state index contributed by atoms with van der Waals surface area (Å²) in [5, 5.41) is 3.13. The number of hydrogen-bond donors (Lipinski definition) is 2. The van der Waals surface area contributed by atoms with Gasteiger partial charge in [0.1, 0.15) is 5.75 Å². The molecule has 0 spiro atoms. The van der Waals surface area contributed by atoms with Crippen LogP contribution in [0.25, 0.3) is 0 Å². The van der Waals surface area contributed by atoms with Crippen molar-refractivity contribution >= 4 is 18.3 Å². The van der Waals surface area contributed by atoms with Gasteiger partial charge in [-0.15, -0.1) is 12.4 Å². The largest absolute Gasteiger partial charge is 0.494 e. The first-order valence-electron chi connectivity index (χ1n) is 9.34. The van der Waals surface area contributed by atoms with Gasteiger partial charge in [-0.05, 0) is 63.0 Å². The fraction of sp³-hybridized carbons (Fsp3) is 0.650. The summed E-state index contributed by atoms with van der Waals surface area (Å²) in [6, 6.07) is 6.46. The number of nitrogens with one attached hydrogen (secondary N) is 1. The number of nitrogens with two attached hydrogens (primary N) is 1. The molecule has 2 atom stereocenters. The van der Waals surface area contributed by atoms with Gasteiger partial charge < -0.3 is 15.8 Å². The third kappa shape index (κ3) is 4.68. The molecule has 3 N–H and O–H groups in total. The molecule has 2 unspecified atom stereocenters. The molecule has 25 heavy (non-hydrogen) atoms. The van der Waals surface area contributed by atoms with E-state index >= 15 is 0 Å². The third-order valence-electron chi connectivity index (χ3n) is 5.76. The van der Waals surface area contributed by atoms with Gasteiger partial charge in [0.15, 0.2) is 0 Å². The van der Waals surface area contributed by atoms with Crippen molar-refractivity contribution < 1.29 is 9.53 Å². The molecule has 2 fully saturated rings. The second-order valence-corrected chi connectivity index (χ2v) is 7.46. The molecule has 1 amide bonds. The highest BCUT2D eigenvalue weighted by Gasteiger charge is 2.40. The van der Waals surface area contributed by atoms with Crippen molar-refractivity contribution in [3.8, 4) is 5.75 Å². The van der Waals surface area contributed by atoms with Crippen LogP contribution in [0, 0.1) is 24.7 Å². The summed E-state index contributed by atoms with van der Waals surface area (Å²) in [5.41, 5.74) is 8.54. The normalized spacial score (nSPS) is 28.0. The van der Waals surface area contributed by atoms with Gasteiger partial charge in [-0.2, -0.15) is 0 Å². The van der Waals surface area contributed by atoms with E-state index in [9.17, 15) is 4.79 Å². The predicted molar refractivity (Wildman–Crippen MR) is 103 cm³/mol. The highest BCUT2D eigenvalue weighted by atomic mass is 35.5. The van der Waals surface area contributed by atoms with Gasteiger partial charge in [0, 0.05) is 24.1 Å². The van der Waals surface area contributed by atoms with Gasteiger partial charge in [0.05, 0.1) is 6.61 Å². The molecule has 0 aromatic heterocycles. The predicted octanol–water partition coefficient (Wildman–Crippen LogP) is 3.59. The lowest BCUT2D eigenvalue weighted by molar-refractivity contribution is -0.128. The summed E-state index contributed by atoms with van der Waals surface area (Å²) in [7, 11) is 0. The molecule has 4 nitrogen and oxygen atoms in total. The summed E-state index contributed by atoms with van der Waals surface area (Å²) in [6.07, 6.45) is 5.56. The van der Waals surface area contributed by atoms with E-state index in [-0.39, 0.29) is 24.2 Å². The Morgan fingerprint density at radius 1 is 1.28 bits per heavy atom. The number of carbonyl (C=O) groups excluding carboxylic acids is 1. The standard InChI is InChI=1S/C20H30N2O2.ClH/c1-3-24-18-9-13(2)7-8-16(18)12-22-20(23)17-10-14-5-4-6-15(11-17)19(14)21;/h7-9,14-15,17,19H,3-6,10-12,21H2,1-2H3,(H,22,23);1H. The maximum absolute atomic E-state index is 12.7. The van der Waals surface area contributed by atoms with Crippen molar-refractivity contribution in [2.75, 3.05) is 6.61 Å². The van der Waals surface area contributed by atoms with E-state index in [2.05, 4.69) is 18.3 Å². The highest BCUT2D eigenvalue weighted by molar-refractivity contribution is 5.85. The van der Waals surface area contributed by atoms with Crippen molar-refractivity contribution in [2.45, 2.75) is 58.5 Å². The zero-order chi connectivity index (χ0) is 17.1. The van der Waals surface area contributed by atoms with Gasteiger partial charge in [0.2, 0.25) is 5.91 Å². The molecule has 2 bridgehead atoms. The van der Waals surface area contributed by atoms with Gasteiger partial charge in [-0.3, -0.25) is 4.79 Å². The van der Waals surface area contributed by atoms with Crippen LogP contribution in [0.2, 0.25) is 0 Å². The molecule has 0 aliphatic heterocycles. The second-order valence-electron chi connectivity index (χ2n) is 7.46. The lowest BCUT2D eigenvalue weighted by Crippen LogP contribution is -2.49. The van der Waals surface area contributed by atoms with Crippen molar-refractivity contribution in [2.24, 2.45) is 23.5 Å². The van der Waals surface area contributed by atoms with Crippen LogP contribution in [0.1, 0.15) is 50.2 Å². The van der Waals surface area contributed by atoms with E-state index in [4.69, 9.17) is 10.5 Å². The Bertz CT molecular complexity index is 579. The molecule has 140 valence electrons. The average Bonchev–Trinajstić information content (AvgIpc) is 2.54. The maximum atomic E-state index is 12.7. The van der Waals surface area contributed by atoms with Crippen molar-refractivity contribution in [3.05, 3.63) is 29.3 Å². The minimum Gasteiger partial charge on any atom is -0.494 e. The quantitative estimate of drug-likeness (QED) is 0.837. The fourth-order valence-corrected chi connectivity index (χ4v) is 4.43. The number of fused-ring (bicyclic) bond motifs is 2. The van der Waals surface area contributed by atoms with Crippen LogP contribution < -0.4 is 15.8 Å². The van der Waals surface area contributed by atoms with E-state index in [1.807, 2.05) is 19.1 Å².